The van der Waals surface area contributed by atoms with Crippen molar-refractivity contribution in [3.63, 3.8) is 0 Å². The lowest BCUT2D eigenvalue weighted by Gasteiger charge is -2.07. The van der Waals surface area contributed by atoms with Crippen molar-refractivity contribution in [2.45, 2.75) is 18.4 Å². The molecular formula is C13H15IN2O2S2. The summed E-state index contributed by atoms with van der Waals surface area (Å²) in [5, 5.41) is 3.03. The molecule has 2 aromatic rings. The standard InChI is InChI=1S/C13H15IN2O2S2/c1-9-13(7-12(19-9)8-15-2)20(17,18)16-11-5-3-10(14)4-6-11/h3-7,15-16H,8H2,1-2H3. The van der Waals surface area contributed by atoms with Crippen LogP contribution in [0.3, 0.4) is 0 Å². The van der Waals surface area contributed by atoms with Crippen LogP contribution in [0.25, 0.3) is 0 Å². The van der Waals surface area contributed by atoms with Gasteiger partial charge in [0.25, 0.3) is 10.0 Å². The normalized spacial score (nSPS) is 11.6. The second-order valence-electron chi connectivity index (χ2n) is 4.28. The van der Waals surface area contributed by atoms with E-state index in [9.17, 15) is 8.42 Å². The van der Waals surface area contributed by atoms with Crippen molar-refractivity contribution in [1.29, 1.82) is 0 Å². The molecule has 2 N–H and O–H groups in total. The summed E-state index contributed by atoms with van der Waals surface area (Å²) in [6.45, 7) is 2.50. The monoisotopic (exact) mass is 422 g/mol. The third kappa shape index (κ3) is 3.72. The Hall–Kier alpha value is -0.640. The van der Waals surface area contributed by atoms with E-state index in [1.165, 1.54) is 11.3 Å². The highest BCUT2D eigenvalue weighted by Gasteiger charge is 2.19. The predicted molar refractivity (Wildman–Crippen MR) is 91.8 cm³/mol. The lowest BCUT2D eigenvalue weighted by atomic mass is 10.3. The van der Waals surface area contributed by atoms with E-state index in [4.69, 9.17) is 0 Å². The maximum absolute atomic E-state index is 12.4. The van der Waals surface area contributed by atoms with Gasteiger partial charge < -0.3 is 5.32 Å². The fourth-order valence-corrected chi connectivity index (χ4v) is 4.85. The van der Waals surface area contributed by atoms with Gasteiger partial charge in [0, 0.05) is 25.6 Å². The summed E-state index contributed by atoms with van der Waals surface area (Å²) in [6, 6.07) is 8.98. The molecule has 0 saturated heterocycles. The predicted octanol–water partition coefficient (Wildman–Crippen LogP) is 3.18. The molecule has 0 atom stereocenters. The molecule has 0 radical (unpaired) electrons. The molecule has 0 aliphatic rings. The molecule has 1 heterocycles. The summed E-state index contributed by atoms with van der Waals surface area (Å²) in [7, 11) is -1.68. The molecule has 1 aromatic heterocycles. The maximum atomic E-state index is 12.4. The van der Waals surface area contributed by atoms with Crippen molar-refractivity contribution >= 4 is 49.6 Å². The first-order valence-corrected chi connectivity index (χ1v) is 9.32. The third-order valence-corrected chi connectivity index (χ3v) is 6.07. The molecule has 0 aliphatic heterocycles. The number of aryl methyl sites for hydroxylation is 1. The van der Waals surface area contributed by atoms with E-state index in [0.29, 0.717) is 17.1 Å². The van der Waals surface area contributed by atoms with Crippen molar-refractivity contribution in [3.05, 3.63) is 43.7 Å². The van der Waals surface area contributed by atoms with Gasteiger partial charge in [0.05, 0.1) is 0 Å². The molecule has 0 fully saturated rings. The third-order valence-electron chi connectivity index (χ3n) is 2.66. The first kappa shape index (κ1) is 15.7. The van der Waals surface area contributed by atoms with Crippen LogP contribution in [0.1, 0.15) is 9.75 Å². The van der Waals surface area contributed by atoms with Crippen molar-refractivity contribution in [2.24, 2.45) is 0 Å². The van der Waals surface area contributed by atoms with Crippen LogP contribution in [-0.4, -0.2) is 15.5 Å². The van der Waals surface area contributed by atoms with Crippen LogP contribution < -0.4 is 10.0 Å². The summed E-state index contributed by atoms with van der Waals surface area (Å²) in [5.74, 6) is 0. The minimum absolute atomic E-state index is 0.353. The number of hydrogen-bond acceptors (Lipinski definition) is 4. The van der Waals surface area contributed by atoms with Gasteiger partial charge in [-0.25, -0.2) is 8.42 Å². The Kier molecular flexibility index (Phi) is 5.05. The molecule has 1 aromatic carbocycles. The van der Waals surface area contributed by atoms with Gasteiger partial charge in [-0.1, -0.05) is 0 Å². The fourth-order valence-electron chi connectivity index (χ4n) is 1.78. The second kappa shape index (κ2) is 6.42. The molecule has 0 bridgehead atoms. The van der Waals surface area contributed by atoms with Crippen molar-refractivity contribution < 1.29 is 8.42 Å². The summed E-state index contributed by atoms with van der Waals surface area (Å²) in [6.07, 6.45) is 0. The zero-order valence-corrected chi connectivity index (χ0v) is 14.9. The van der Waals surface area contributed by atoms with Gasteiger partial charge in [0.1, 0.15) is 4.90 Å². The van der Waals surface area contributed by atoms with E-state index in [-0.39, 0.29) is 0 Å². The van der Waals surface area contributed by atoms with Gasteiger partial charge in [-0.15, -0.1) is 11.3 Å². The summed E-state index contributed by atoms with van der Waals surface area (Å²) < 4.78 is 28.5. The van der Waals surface area contributed by atoms with Crippen LogP contribution in [0.2, 0.25) is 0 Å². The Labute approximate surface area is 136 Å². The molecule has 0 spiro atoms. The number of halogens is 1. The lowest BCUT2D eigenvalue weighted by molar-refractivity contribution is 0.601. The molecule has 7 heteroatoms. The lowest BCUT2D eigenvalue weighted by Crippen LogP contribution is -2.13. The van der Waals surface area contributed by atoms with E-state index < -0.39 is 10.0 Å². The fraction of sp³-hybridized carbons (Fsp3) is 0.231. The minimum atomic E-state index is -3.52. The number of anilines is 1. The Balaban J connectivity index is 2.28. The highest BCUT2D eigenvalue weighted by Crippen LogP contribution is 2.27. The van der Waals surface area contributed by atoms with Gasteiger partial charge in [0.2, 0.25) is 0 Å². The molecule has 0 saturated carbocycles. The minimum Gasteiger partial charge on any atom is -0.315 e. The molecule has 2 rings (SSSR count). The highest BCUT2D eigenvalue weighted by molar-refractivity contribution is 14.1. The van der Waals surface area contributed by atoms with Crippen LogP contribution >= 0.6 is 33.9 Å². The number of rotatable bonds is 5. The van der Waals surface area contributed by atoms with Gasteiger partial charge >= 0.3 is 0 Å². The average molecular weight is 422 g/mol. The largest absolute Gasteiger partial charge is 0.315 e. The molecule has 108 valence electrons. The van der Waals surface area contributed by atoms with Gasteiger partial charge in [-0.3, -0.25) is 4.72 Å². The summed E-state index contributed by atoms with van der Waals surface area (Å²) in [4.78, 5) is 2.16. The summed E-state index contributed by atoms with van der Waals surface area (Å²) >= 11 is 3.68. The van der Waals surface area contributed by atoms with Gasteiger partial charge in [0.15, 0.2) is 0 Å². The highest BCUT2D eigenvalue weighted by atomic mass is 127. The number of hydrogen-bond donors (Lipinski definition) is 2. The molecule has 0 unspecified atom stereocenters. The quantitative estimate of drug-likeness (QED) is 0.728. The van der Waals surface area contributed by atoms with Crippen LogP contribution in [-0.2, 0) is 16.6 Å². The maximum Gasteiger partial charge on any atom is 0.263 e. The Morgan fingerprint density at radius 3 is 2.50 bits per heavy atom. The number of nitrogens with one attached hydrogen (secondary N) is 2. The molecular weight excluding hydrogens is 407 g/mol. The molecule has 4 nitrogen and oxygen atoms in total. The van der Waals surface area contributed by atoms with Crippen LogP contribution in [0.5, 0.6) is 0 Å². The van der Waals surface area contributed by atoms with Crippen LogP contribution in [0.15, 0.2) is 35.2 Å². The van der Waals surface area contributed by atoms with Crippen molar-refractivity contribution in [3.8, 4) is 0 Å². The zero-order valence-electron chi connectivity index (χ0n) is 11.1. The van der Waals surface area contributed by atoms with Crippen molar-refractivity contribution in [2.75, 3.05) is 11.8 Å². The second-order valence-corrected chi connectivity index (χ2v) is 8.51. The van der Waals surface area contributed by atoms with Crippen LogP contribution in [0, 0.1) is 10.5 Å². The van der Waals surface area contributed by atoms with E-state index >= 15 is 0 Å². The zero-order chi connectivity index (χ0) is 14.8. The average Bonchev–Trinajstić information content (AvgIpc) is 2.74. The molecule has 0 aliphatic carbocycles. The van der Waals surface area contributed by atoms with Crippen molar-refractivity contribution in [1.82, 2.24) is 5.32 Å². The Bertz CT molecular complexity index is 694. The first-order valence-electron chi connectivity index (χ1n) is 5.94. The number of sulfonamides is 1. The van der Waals surface area contributed by atoms with Gasteiger partial charge in [-0.2, -0.15) is 0 Å². The van der Waals surface area contributed by atoms with E-state index in [2.05, 4.69) is 32.6 Å². The van der Waals surface area contributed by atoms with Crippen LogP contribution in [0.4, 0.5) is 5.69 Å². The smallest absolute Gasteiger partial charge is 0.263 e. The number of thiophene rings is 1. The molecule has 20 heavy (non-hydrogen) atoms. The molecule has 0 amide bonds. The summed E-state index contributed by atoms with van der Waals surface area (Å²) in [5.41, 5.74) is 0.575. The Morgan fingerprint density at radius 2 is 1.90 bits per heavy atom. The van der Waals surface area contributed by atoms with E-state index in [1.807, 2.05) is 26.1 Å². The first-order chi connectivity index (χ1) is 9.42. The van der Waals surface area contributed by atoms with Gasteiger partial charge in [-0.05, 0) is 66.9 Å². The van der Waals surface area contributed by atoms with E-state index in [0.717, 1.165) is 13.3 Å². The SMILES string of the molecule is CNCc1cc(S(=O)(=O)Nc2ccc(I)cc2)c(C)s1. The van der Waals surface area contributed by atoms with E-state index in [1.54, 1.807) is 18.2 Å². The topological polar surface area (TPSA) is 58.2 Å². The number of benzene rings is 1. The Morgan fingerprint density at radius 1 is 1.25 bits per heavy atom.